The Labute approximate surface area is 123 Å². The summed E-state index contributed by atoms with van der Waals surface area (Å²) in [5.74, 6) is -0.0752. The lowest BCUT2D eigenvalue weighted by molar-refractivity contribution is 0.337. The number of hydrogen-bond donors (Lipinski definition) is 1. The number of halogens is 1. The minimum Gasteiger partial charge on any atom is -0.492 e. The summed E-state index contributed by atoms with van der Waals surface area (Å²) in [6.45, 7) is 0.331. The van der Waals surface area contributed by atoms with Crippen molar-refractivity contribution in [3.63, 3.8) is 0 Å². The van der Waals surface area contributed by atoms with Crippen molar-refractivity contribution >= 4 is 9.84 Å². The van der Waals surface area contributed by atoms with Crippen molar-refractivity contribution in [3.05, 3.63) is 59.9 Å². The van der Waals surface area contributed by atoms with Gasteiger partial charge in [0, 0.05) is 12.1 Å². The second kappa shape index (κ2) is 6.69. The van der Waals surface area contributed by atoms with Crippen LogP contribution in [0.3, 0.4) is 0 Å². The second-order valence-corrected chi connectivity index (χ2v) is 6.54. The van der Waals surface area contributed by atoms with Gasteiger partial charge in [0.15, 0.2) is 9.84 Å². The Kier molecular flexibility index (Phi) is 4.93. The van der Waals surface area contributed by atoms with E-state index in [0.29, 0.717) is 12.3 Å². The largest absolute Gasteiger partial charge is 0.492 e. The molecule has 0 radical (unpaired) electrons. The summed E-state index contributed by atoms with van der Waals surface area (Å²) in [6, 6.07) is 11.9. The smallest absolute Gasteiger partial charge is 0.181 e. The minimum absolute atomic E-state index is 0.0106. The van der Waals surface area contributed by atoms with Gasteiger partial charge in [-0.15, -0.1) is 0 Å². The van der Waals surface area contributed by atoms with Crippen LogP contribution in [-0.2, 0) is 16.4 Å². The van der Waals surface area contributed by atoms with Crippen LogP contribution in [0.25, 0.3) is 0 Å². The average Bonchev–Trinajstić information content (AvgIpc) is 2.48. The Morgan fingerprint density at radius 3 is 2.38 bits per heavy atom. The second-order valence-electron chi connectivity index (χ2n) is 4.43. The van der Waals surface area contributed by atoms with Gasteiger partial charge in [-0.1, -0.05) is 18.2 Å². The van der Waals surface area contributed by atoms with Gasteiger partial charge in [0.25, 0.3) is 0 Å². The highest BCUT2D eigenvalue weighted by molar-refractivity contribution is 7.91. The van der Waals surface area contributed by atoms with Gasteiger partial charge in [-0.05, 0) is 30.3 Å². The van der Waals surface area contributed by atoms with Gasteiger partial charge < -0.3 is 10.5 Å². The number of nitrogens with two attached hydrogens (primary N) is 1. The van der Waals surface area contributed by atoms with Gasteiger partial charge in [-0.3, -0.25) is 0 Å². The van der Waals surface area contributed by atoms with Crippen LogP contribution in [0.1, 0.15) is 5.56 Å². The van der Waals surface area contributed by atoms with Crippen LogP contribution in [0.2, 0.25) is 0 Å². The molecule has 2 aromatic rings. The van der Waals surface area contributed by atoms with Crippen LogP contribution in [0.15, 0.2) is 53.4 Å². The van der Waals surface area contributed by atoms with E-state index in [9.17, 15) is 12.8 Å². The fourth-order valence-corrected chi connectivity index (χ4v) is 2.92. The maximum absolute atomic E-state index is 12.8. The summed E-state index contributed by atoms with van der Waals surface area (Å²) in [7, 11) is -3.49. The summed E-state index contributed by atoms with van der Waals surface area (Å²) in [5.41, 5.74) is 6.40. The molecule has 0 amide bonds. The molecule has 2 N–H and O–H groups in total. The molecule has 0 fully saturated rings. The highest BCUT2D eigenvalue weighted by Crippen LogP contribution is 2.18. The van der Waals surface area contributed by atoms with E-state index >= 15 is 0 Å². The number of ether oxygens (including phenoxy) is 1. The number of para-hydroxylation sites is 1. The summed E-state index contributed by atoms with van der Waals surface area (Å²) in [4.78, 5) is 0.0830. The van der Waals surface area contributed by atoms with E-state index < -0.39 is 15.7 Å². The molecule has 4 nitrogen and oxygen atoms in total. The maximum Gasteiger partial charge on any atom is 0.181 e. The number of sulfone groups is 1. The quantitative estimate of drug-likeness (QED) is 0.830. The summed E-state index contributed by atoms with van der Waals surface area (Å²) in [5, 5.41) is 0. The van der Waals surface area contributed by atoms with Gasteiger partial charge >= 0.3 is 0 Å². The van der Waals surface area contributed by atoms with Crippen molar-refractivity contribution < 1.29 is 17.5 Å². The van der Waals surface area contributed by atoms with Crippen LogP contribution in [-0.4, -0.2) is 20.8 Å². The Hall–Kier alpha value is -1.92. The average molecular weight is 309 g/mol. The third kappa shape index (κ3) is 4.03. The normalized spacial score (nSPS) is 11.3. The molecule has 0 bridgehead atoms. The van der Waals surface area contributed by atoms with E-state index in [1.54, 1.807) is 12.1 Å². The highest BCUT2D eigenvalue weighted by Gasteiger charge is 2.15. The Morgan fingerprint density at radius 2 is 1.71 bits per heavy atom. The van der Waals surface area contributed by atoms with Crippen LogP contribution in [0.4, 0.5) is 4.39 Å². The van der Waals surface area contributed by atoms with E-state index in [1.165, 1.54) is 12.1 Å². The summed E-state index contributed by atoms with van der Waals surface area (Å²) >= 11 is 0. The Morgan fingerprint density at radius 1 is 1.05 bits per heavy atom. The fraction of sp³-hybridized carbons (Fsp3) is 0.200. The molecule has 0 saturated carbocycles. The molecule has 0 unspecified atom stereocenters. The number of rotatable bonds is 6. The molecular formula is C15H16FNO3S. The first-order chi connectivity index (χ1) is 10.0. The first-order valence-corrected chi connectivity index (χ1v) is 8.07. The first kappa shape index (κ1) is 15.5. The zero-order valence-electron chi connectivity index (χ0n) is 11.3. The lowest BCUT2D eigenvalue weighted by Gasteiger charge is -2.10. The third-order valence-corrected chi connectivity index (χ3v) is 4.67. The molecule has 0 aliphatic heterocycles. The lowest BCUT2D eigenvalue weighted by atomic mass is 10.2. The zero-order chi connectivity index (χ0) is 15.3. The molecule has 0 aliphatic carbocycles. The third-order valence-electron chi connectivity index (χ3n) is 2.97. The molecule has 2 rings (SSSR count). The topological polar surface area (TPSA) is 69.4 Å². The van der Waals surface area contributed by atoms with Crippen LogP contribution in [0, 0.1) is 5.82 Å². The van der Waals surface area contributed by atoms with Crippen LogP contribution >= 0.6 is 0 Å². The molecule has 0 heterocycles. The lowest BCUT2D eigenvalue weighted by Crippen LogP contribution is -2.15. The number of benzene rings is 2. The standard InChI is InChI=1S/C15H16FNO3S/c16-13-5-7-14(8-6-13)21(18,19)10-9-20-15-4-2-1-3-12(15)11-17/h1-8H,9-11,17H2. The van der Waals surface area contributed by atoms with Crippen molar-refractivity contribution in [1.29, 1.82) is 0 Å². The fourth-order valence-electron chi connectivity index (χ4n) is 1.83. The van der Waals surface area contributed by atoms with Crippen LogP contribution < -0.4 is 10.5 Å². The molecule has 6 heteroatoms. The van der Waals surface area contributed by atoms with Gasteiger partial charge in [0.2, 0.25) is 0 Å². The summed E-state index contributed by atoms with van der Waals surface area (Å²) in [6.07, 6.45) is 0. The summed E-state index contributed by atoms with van der Waals surface area (Å²) < 4.78 is 42.4. The van der Waals surface area contributed by atoms with Crippen molar-refractivity contribution in [2.24, 2.45) is 5.73 Å². The predicted molar refractivity (Wildman–Crippen MR) is 78.3 cm³/mol. The monoisotopic (exact) mass is 309 g/mol. The molecule has 0 spiro atoms. The van der Waals surface area contributed by atoms with Gasteiger partial charge in [-0.2, -0.15) is 0 Å². The molecule has 21 heavy (non-hydrogen) atoms. The van der Waals surface area contributed by atoms with Gasteiger partial charge in [0.1, 0.15) is 18.2 Å². The Balaban J connectivity index is 2.01. The van der Waals surface area contributed by atoms with Gasteiger partial charge in [-0.25, -0.2) is 12.8 Å². The predicted octanol–water partition coefficient (Wildman–Crippen LogP) is 2.14. The molecule has 0 saturated heterocycles. The van der Waals surface area contributed by atoms with E-state index in [-0.39, 0.29) is 17.3 Å². The van der Waals surface area contributed by atoms with Crippen molar-refractivity contribution in [2.45, 2.75) is 11.4 Å². The van der Waals surface area contributed by atoms with Crippen molar-refractivity contribution in [1.82, 2.24) is 0 Å². The SMILES string of the molecule is NCc1ccccc1OCCS(=O)(=O)c1ccc(F)cc1. The van der Waals surface area contributed by atoms with E-state index in [2.05, 4.69) is 0 Å². The van der Waals surface area contributed by atoms with E-state index in [1.807, 2.05) is 12.1 Å². The molecular weight excluding hydrogens is 293 g/mol. The maximum atomic E-state index is 12.8. The molecule has 0 atom stereocenters. The first-order valence-electron chi connectivity index (χ1n) is 6.42. The molecule has 0 aliphatic rings. The minimum atomic E-state index is -3.49. The molecule has 0 aromatic heterocycles. The molecule has 112 valence electrons. The highest BCUT2D eigenvalue weighted by atomic mass is 32.2. The van der Waals surface area contributed by atoms with Crippen molar-refractivity contribution in [3.8, 4) is 5.75 Å². The van der Waals surface area contributed by atoms with E-state index in [0.717, 1.165) is 17.7 Å². The number of hydrogen-bond acceptors (Lipinski definition) is 4. The Bertz CT molecular complexity index is 699. The van der Waals surface area contributed by atoms with E-state index in [4.69, 9.17) is 10.5 Å². The van der Waals surface area contributed by atoms with Crippen molar-refractivity contribution in [2.75, 3.05) is 12.4 Å². The zero-order valence-corrected chi connectivity index (χ0v) is 12.1. The molecule has 2 aromatic carbocycles. The van der Waals surface area contributed by atoms with Crippen LogP contribution in [0.5, 0.6) is 5.75 Å². The van der Waals surface area contributed by atoms with Gasteiger partial charge in [0.05, 0.1) is 10.6 Å².